The number of aryl methyl sites for hydroxylation is 1. The fourth-order valence-electron chi connectivity index (χ4n) is 3.33. The summed E-state index contributed by atoms with van der Waals surface area (Å²) in [7, 11) is 0. The van der Waals surface area contributed by atoms with Gasteiger partial charge in [0.2, 0.25) is 0 Å². The third-order valence-electron chi connectivity index (χ3n) is 4.88. The number of benzene rings is 2. The van der Waals surface area contributed by atoms with Gasteiger partial charge in [0, 0.05) is 41.9 Å². The molecule has 2 heterocycles. The van der Waals surface area contributed by atoms with E-state index in [0.717, 1.165) is 46.7 Å². The van der Waals surface area contributed by atoms with Gasteiger partial charge in [-0.05, 0) is 42.2 Å². The van der Waals surface area contributed by atoms with E-state index in [1.807, 2.05) is 54.6 Å². The zero-order chi connectivity index (χ0) is 20.6. The average Bonchev–Trinajstić information content (AvgIpc) is 3.27. The second kappa shape index (κ2) is 9.94. The van der Waals surface area contributed by atoms with Gasteiger partial charge < -0.3 is 5.32 Å². The molecule has 0 fully saturated rings. The Bertz CT molecular complexity index is 1090. The molecule has 0 bridgehead atoms. The van der Waals surface area contributed by atoms with Crippen molar-refractivity contribution in [2.75, 3.05) is 6.54 Å². The smallest absolute Gasteiger partial charge is 0.251 e. The monoisotopic (exact) mass is 413 g/mol. The molecule has 4 aromatic rings. The number of amides is 1. The second-order valence-corrected chi connectivity index (χ2v) is 7.98. The van der Waals surface area contributed by atoms with Crippen LogP contribution in [-0.4, -0.2) is 22.4 Å². The fraction of sp³-hybridized carbons (Fsp3) is 0.160. The summed E-state index contributed by atoms with van der Waals surface area (Å²) >= 11 is 1.66. The molecule has 150 valence electrons. The van der Waals surface area contributed by atoms with E-state index in [9.17, 15) is 4.79 Å². The molecule has 2 aromatic heterocycles. The van der Waals surface area contributed by atoms with Crippen molar-refractivity contribution in [1.82, 2.24) is 15.3 Å². The van der Waals surface area contributed by atoms with Gasteiger partial charge in [0.1, 0.15) is 0 Å². The molecule has 0 radical (unpaired) electrons. The summed E-state index contributed by atoms with van der Waals surface area (Å²) in [6.07, 6.45) is 6.01. The Morgan fingerprint density at radius 1 is 0.933 bits per heavy atom. The van der Waals surface area contributed by atoms with E-state index in [4.69, 9.17) is 4.98 Å². The van der Waals surface area contributed by atoms with Crippen molar-refractivity contribution in [3.63, 3.8) is 0 Å². The molecule has 0 spiro atoms. The molecule has 1 amide bonds. The Labute approximate surface area is 180 Å². The zero-order valence-electron chi connectivity index (χ0n) is 16.6. The van der Waals surface area contributed by atoms with E-state index in [2.05, 4.69) is 27.8 Å². The van der Waals surface area contributed by atoms with Crippen molar-refractivity contribution < 1.29 is 4.79 Å². The molecule has 2 aromatic carbocycles. The number of hydrogen-bond donors (Lipinski definition) is 1. The molecule has 0 aliphatic heterocycles. The molecular formula is C25H23N3OS. The molecule has 4 nitrogen and oxygen atoms in total. The van der Waals surface area contributed by atoms with Crippen LogP contribution in [0.2, 0.25) is 0 Å². The lowest BCUT2D eigenvalue weighted by molar-refractivity contribution is 0.0952. The summed E-state index contributed by atoms with van der Waals surface area (Å²) in [5.41, 5.74) is 5.05. The highest BCUT2D eigenvalue weighted by atomic mass is 32.1. The van der Waals surface area contributed by atoms with Crippen molar-refractivity contribution in [2.45, 2.75) is 19.3 Å². The molecule has 0 aliphatic carbocycles. The van der Waals surface area contributed by atoms with E-state index in [1.165, 1.54) is 5.56 Å². The highest BCUT2D eigenvalue weighted by Crippen LogP contribution is 2.21. The van der Waals surface area contributed by atoms with Gasteiger partial charge in [0.05, 0.1) is 10.7 Å². The summed E-state index contributed by atoms with van der Waals surface area (Å²) in [5.74, 6) is -0.0156. The van der Waals surface area contributed by atoms with E-state index < -0.39 is 0 Å². The minimum absolute atomic E-state index is 0.0156. The van der Waals surface area contributed by atoms with Crippen LogP contribution in [-0.2, 0) is 12.8 Å². The first-order valence-electron chi connectivity index (χ1n) is 10.0. The lowest BCUT2D eigenvalue weighted by Crippen LogP contribution is -2.25. The number of carbonyl (C=O) groups excluding carboxylic acids is 1. The van der Waals surface area contributed by atoms with Crippen LogP contribution in [0, 0.1) is 0 Å². The Kier molecular flexibility index (Phi) is 6.62. The molecule has 30 heavy (non-hydrogen) atoms. The van der Waals surface area contributed by atoms with Crippen molar-refractivity contribution in [2.24, 2.45) is 0 Å². The Balaban J connectivity index is 1.30. The van der Waals surface area contributed by atoms with Gasteiger partial charge in [0.15, 0.2) is 0 Å². The predicted octanol–water partition coefficient (Wildman–Crippen LogP) is 5.16. The quantitative estimate of drug-likeness (QED) is 0.406. The maximum atomic E-state index is 12.7. The summed E-state index contributed by atoms with van der Waals surface area (Å²) in [5, 5.41) is 6.22. The zero-order valence-corrected chi connectivity index (χ0v) is 17.4. The lowest BCUT2D eigenvalue weighted by atomic mass is 9.99. The van der Waals surface area contributed by atoms with Gasteiger partial charge in [0.25, 0.3) is 5.91 Å². The average molecular weight is 414 g/mol. The van der Waals surface area contributed by atoms with Gasteiger partial charge in [-0.25, -0.2) is 4.98 Å². The molecule has 4 rings (SSSR count). The number of pyridine rings is 1. The molecule has 0 saturated heterocycles. The molecule has 5 heteroatoms. The second-order valence-electron chi connectivity index (χ2n) is 7.04. The number of rotatable bonds is 8. The standard InChI is InChI=1S/C25H23N3OS/c29-25(22-10-5-4-9-21(22)17-19-7-2-1-3-8-19)27-14-6-11-24-28-23(18-30-24)20-12-15-26-16-13-20/h1-5,7-10,12-13,15-16,18H,6,11,14,17H2,(H,27,29). The van der Waals surface area contributed by atoms with Crippen LogP contribution in [0.4, 0.5) is 0 Å². The van der Waals surface area contributed by atoms with E-state index in [-0.39, 0.29) is 5.91 Å². The number of aromatic nitrogens is 2. The molecule has 0 aliphatic rings. The third-order valence-corrected chi connectivity index (χ3v) is 5.79. The summed E-state index contributed by atoms with van der Waals surface area (Å²) < 4.78 is 0. The fourth-order valence-corrected chi connectivity index (χ4v) is 4.18. The summed E-state index contributed by atoms with van der Waals surface area (Å²) in [4.78, 5) is 21.5. The normalized spacial score (nSPS) is 10.7. The van der Waals surface area contributed by atoms with Gasteiger partial charge >= 0.3 is 0 Å². The van der Waals surface area contributed by atoms with E-state index in [0.29, 0.717) is 6.54 Å². The third kappa shape index (κ3) is 5.19. The minimum atomic E-state index is -0.0156. The first kappa shape index (κ1) is 20.0. The highest BCUT2D eigenvalue weighted by molar-refractivity contribution is 7.09. The van der Waals surface area contributed by atoms with Crippen molar-refractivity contribution in [1.29, 1.82) is 0 Å². The summed E-state index contributed by atoms with van der Waals surface area (Å²) in [6, 6.07) is 22.0. The Morgan fingerprint density at radius 2 is 1.70 bits per heavy atom. The van der Waals surface area contributed by atoms with Crippen molar-refractivity contribution >= 4 is 17.2 Å². The van der Waals surface area contributed by atoms with Crippen LogP contribution < -0.4 is 5.32 Å². The van der Waals surface area contributed by atoms with Crippen LogP contribution >= 0.6 is 11.3 Å². The molecule has 0 unspecified atom stereocenters. The molecule has 0 atom stereocenters. The SMILES string of the molecule is O=C(NCCCc1nc(-c2ccncc2)cs1)c1ccccc1Cc1ccccc1. The minimum Gasteiger partial charge on any atom is -0.352 e. The molecular weight excluding hydrogens is 390 g/mol. The number of hydrogen-bond acceptors (Lipinski definition) is 4. The first-order valence-corrected chi connectivity index (χ1v) is 10.9. The largest absolute Gasteiger partial charge is 0.352 e. The van der Waals surface area contributed by atoms with Crippen molar-refractivity contribution in [3.05, 3.63) is 106 Å². The predicted molar refractivity (Wildman–Crippen MR) is 122 cm³/mol. The van der Waals surface area contributed by atoms with E-state index >= 15 is 0 Å². The Hall–Kier alpha value is -3.31. The van der Waals surface area contributed by atoms with Crippen LogP contribution in [0.3, 0.4) is 0 Å². The number of nitrogens with zero attached hydrogens (tertiary/aromatic N) is 2. The van der Waals surface area contributed by atoms with Crippen LogP contribution in [0.25, 0.3) is 11.3 Å². The van der Waals surface area contributed by atoms with Crippen LogP contribution in [0.1, 0.15) is 32.9 Å². The highest BCUT2D eigenvalue weighted by Gasteiger charge is 2.11. The number of nitrogens with one attached hydrogen (secondary N) is 1. The molecule has 0 saturated carbocycles. The lowest BCUT2D eigenvalue weighted by Gasteiger charge is -2.10. The summed E-state index contributed by atoms with van der Waals surface area (Å²) in [6.45, 7) is 0.628. The topological polar surface area (TPSA) is 54.9 Å². The molecule has 1 N–H and O–H groups in total. The first-order chi connectivity index (χ1) is 14.8. The van der Waals surface area contributed by atoms with Gasteiger partial charge in [-0.3, -0.25) is 9.78 Å². The number of carbonyl (C=O) groups is 1. The maximum absolute atomic E-state index is 12.7. The van der Waals surface area contributed by atoms with Gasteiger partial charge in [-0.2, -0.15) is 0 Å². The van der Waals surface area contributed by atoms with Gasteiger partial charge in [-0.1, -0.05) is 48.5 Å². The van der Waals surface area contributed by atoms with E-state index in [1.54, 1.807) is 23.7 Å². The van der Waals surface area contributed by atoms with Crippen molar-refractivity contribution in [3.8, 4) is 11.3 Å². The van der Waals surface area contributed by atoms with Crippen LogP contribution in [0.15, 0.2) is 84.5 Å². The number of thiazole rings is 1. The maximum Gasteiger partial charge on any atom is 0.251 e. The Morgan fingerprint density at radius 3 is 2.53 bits per heavy atom. The van der Waals surface area contributed by atoms with Crippen LogP contribution in [0.5, 0.6) is 0 Å². The van der Waals surface area contributed by atoms with Gasteiger partial charge in [-0.15, -0.1) is 11.3 Å².